The lowest BCUT2D eigenvalue weighted by Crippen LogP contribution is -2.04. The number of aryl methyl sites for hydroxylation is 1. The summed E-state index contributed by atoms with van der Waals surface area (Å²) in [5.41, 5.74) is 1.84. The Labute approximate surface area is 106 Å². The second-order valence-electron chi connectivity index (χ2n) is 4.14. The first-order chi connectivity index (χ1) is 8.11. The van der Waals surface area contributed by atoms with Gasteiger partial charge in [-0.3, -0.25) is 0 Å². The molecule has 0 fully saturated rings. The molecule has 0 aliphatic carbocycles. The van der Waals surface area contributed by atoms with Crippen molar-refractivity contribution in [3.05, 3.63) is 29.4 Å². The van der Waals surface area contributed by atoms with Crippen molar-refractivity contribution in [2.45, 2.75) is 33.2 Å². The predicted molar refractivity (Wildman–Crippen MR) is 68.0 cm³/mol. The summed E-state index contributed by atoms with van der Waals surface area (Å²) < 4.78 is 2.03. The molecule has 90 valence electrons. The number of rotatable bonds is 3. The number of nitrogens with zero attached hydrogens (tertiary/aromatic N) is 4. The van der Waals surface area contributed by atoms with Crippen LogP contribution in [0.25, 0.3) is 11.5 Å². The standard InChI is InChI=1S/C12H15ClN4/c1-4-9-5-11(13)16-12(15-9)10-6-14-7-17(10)8(2)3/h5-8H,4H2,1-3H3. The van der Waals surface area contributed by atoms with Gasteiger partial charge in [-0.1, -0.05) is 18.5 Å². The van der Waals surface area contributed by atoms with Crippen LogP contribution in [0.3, 0.4) is 0 Å². The van der Waals surface area contributed by atoms with Gasteiger partial charge in [0.25, 0.3) is 0 Å². The average Bonchev–Trinajstić information content (AvgIpc) is 2.77. The highest BCUT2D eigenvalue weighted by Gasteiger charge is 2.12. The second-order valence-corrected chi connectivity index (χ2v) is 4.53. The first kappa shape index (κ1) is 12.0. The van der Waals surface area contributed by atoms with Crippen molar-refractivity contribution >= 4 is 11.6 Å². The summed E-state index contributed by atoms with van der Waals surface area (Å²) in [4.78, 5) is 12.9. The fourth-order valence-corrected chi connectivity index (χ4v) is 1.86. The monoisotopic (exact) mass is 250 g/mol. The summed E-state index contributed by atoms with van der Waals surface area (Å²) in [7, 11) is 0. The van der Waals surface area contributed by atoms with Crippen molar-refractivity contribution in [1.29, 1.82) is 0 Å². The highest BCUT2D eigenvalue weighted by molar-refractivity contribution is 6.29. The van der Waals surface area contributed by atoms with Gasteiger partial charge in [-0.15, -0.1) is 0 Å². The summed E-state index contributed by atoms with van der Waals surface area (Å²) in [6.45, 7) is 6.23. The molecule has 0 saturated heterocycles. The van der Waals surface area contributed by atoms with E-state index < -0.39 is 0 Å². The SMILES string of the molecule is CCc1cc(Cl)nc(-c2cncn2C(C)C)n1. The molecule has 2 aromatic rings. The summed E-state index contributed by atoms with van der Waals surface area (Å²) in [6, 6.07) is 2.11. The molecule has 0 aromatic carbocycles. The molecule has 0 unspecified atom stereocenters. The average molecular weight is 251 g/mol. The summed E-state index contributed by atoms with van der Waals surface area (Å²) in [5, 5.41) is 0.475. The smallest absolute Gasteiger partial charge is 0.179 e. The number of aromatic nitrogens is 4. The third kappa shape index (κ3) is 2.47. The van der Waals surface area contributed by atoms with Gasteiger partial charge in [-0.25, -0.2) is 15.0 Å². The third-order valence-electron chi connectivity index (χ3n) is 2.56. The highest BCUT2D eigenvalue weighted by Crippen LogP contribution is 2.21. The second kappa shape index (κ2) is 4.84. The van der Waals surface area contributed by atoms with E-state index in [0.717, 1.165) is 17.8 Å². The lowest BCUT2D eigenvalue weighted by Gasteiger charge is -2.11. The van der Waals surface area contributed by atoms with Crippen LogP contribution in [-0.4, -0.2) is 19.5 Å². The van der Waals surface area contributed by atoms with Gasteiger partial charge in [-0.05, 0) is 26.3 Å². The first-order valence-electron chi connectivity index (χ1n) is 5.67. The van der Waals surface area contributed by atoms with E-state index in [1.165, 1.54) is 0 Å². The fraction of sp³-hybridized carbons (Fsp3) is 0.417. The third-order valence-corrected chi connectivity index (χ3v) is 2.76. The summed E-state index contributed by atoms with van der Waals surface area (Å²) >= 11 is 6.00. The zero-order valence-corrected chi connectivity index (χ0v) is 10.9. The van der Waals surface area contributed by atoms with E-state index >= 15 is 0 Å². The van der Waals surface area contributed by atoms with Gasteiger partial charge in [0.05, 0.1) is 12.5 Å². The Kier molecular flexibility index (Phi) is 3.43. The molecule has 4 nitrogen and oxygen atoms in total. The van der Waals surface area contributed by atoms with E-state index in [-0.39, 0.29) is 0 Å². The summed E-state index contributed by atoms with van der Waals surface area (Å²) in [6.07, 6.45) is 4.39. The van der Waals surface area contributed by atoms with Gasteiger partial charge in [-0.2, -0.15) is 0 Å². The Morgan fingerprint density at radius 1 is 1.35 bits per heavy atom. The Morgan fingerprint density at radius 2 is 2.12 bits per heavy atom. The van der Waals surface area contributed by atoms with Gasteiger partial charge in [0, 0.05) is 11.7 Å². The van der Waals surface area contributed by atoms with Crippen molar-refractivity contribution in [2.75, 3.05) is 0 Å². The molecule has 0 amide bonds. The van der Waals surface area contributed by atoms with Crippen LogP contribution in [-0.2, 0) is 6.42 Å². The zero-order valence-electron chi connectivity index (χ0n) is 10.2. The van der Waals surface area contributed by atoms with E-state index in [1.54, 1.807) is 18.6 Å². The molecule has 0 radical (unpaired) electrons. The Balaban J connectivity index is 2.52. The molecular formula is C12H15ClN4. The Bertz CT molecular complexity index is 519. The van der Waals surface area contributed by atoms with Crippen LogP contribution >= 0.6 is 11.6 Å². The van der Waals surface area contributed by atoms with Crippen molar-refractivity contribution in [2.24, 2.45) is 0 Å². The minimum atomic E-state index is 0.320. The number of imidazole rings is 1. The fourth-order valence-electron chi connectivity index (χ4n) is 1.65. The molecule has 5 heteroatoms. The minimum Gasteiger partial charge on any atom is -0.325 e. The quantitative estimate of drug-likeness (QED) is 0.786. The maximum atomic E-state index is 6.00. The molecule has 2 aromatic heterocycles. The van der Waals surface area contributed by atoms with Crippen LogP contribution in [0.4, 0.5) is 0 Å². The Morgan fingerprint density at radius 3 is 2.76 bits per heavy atom. The van der Waals surface area contributed by atoms with Crippen molar-refractivity contribution in [3.8, 4) is 11.5 Å². The molecule has 17 heavy (non-hydrogen) atoms. The highest BCUT2D eigenvalue weighted by atomic mass is 35.5. The molecule has 2 heterocycles. The zero-order chi connectivity index (χ0) is 12.4. The topological polar surface area (TPSA) is 43.6 Å². The molecule has 0 bridgehead atoms. The number of hydrogen-bond acceptors (Lipinski definition) is 3. The normalized spacial score (nSPS) is 11.1. The predicted octanol–water partition coefficient (Wildman–Crippen LogP) is 3.14. The van der Waals surface area contributed by atoms with Crippen LogP contribution in [0.1, 0.15) is 32.5 Å². The van der Waals surface area contributed by atoms with Crippen molar-refractivity contribution in [3.63, 3.8) is 0 Å². The van der Waals surface area contributed by atoms with Gasteiger partial charge >= 0.3 is 0 Å². The molecule has 0 aliphatic heterocycles. The van der Waals surface area contributed by atoms with Crippen LogP contribution in [0.5, 0.6) is 0 Å². The van der Waals surface area contributed by atoms with Crippen molar-refractivity contribution in [1.82, 2.24) is 19.5 Å². The maximum Gasteiger partial charge on any atom is 0.179 e. The van der Waals surface area contributed by atoms with Gasteiger partial charge in [0.1, 0.15) is 10.8 Å². The molecule has 0 N–H and O–H groups in total. The molecule has 0 saturated carbocycles. The molecule has 0 atom stereocenters. The van der Waals surface area contributed by atoms with E-state index in [2.05, 4.69) is 28.8 Å². The largest absolute Gasteiger partial charge is 0.325 e. The van der Waals surface area contributed by atoms with Gasteiger partial charge in [0.2, 0.25) is 0 Å². The molecule has 2 rings (SSSR count). The van der Waals surface area contributed by atoms with Gasteiger partial charge < -0.3 is 4.57 Å². The first-order valence-corrected chi connectivity index (χ1v) is 6.05. The minimum absolute atomic E-state index is 0.320. The van der Waals surface area contributed by atoms with Crippen LogP contribution in [0.15, 0.2) is 18.6 Å². The van der Waals surface area contributed by atoms with Crippen LogP contribution in [0, 0.1) is 0 Å². The van der Waals surface area contributed by atoms with E-state index in [9.17, 15) is 0 Å². The van der Waals surface area contributed by atoms with E-state index in [1.807, 2.05) is 11.5 Å². The molecular weight excluding hydrogens is 236 g/mol. The summed E-state index contributed by atoms with van der Waals surface area (Å²) in [5.74, 6) is 0.639. The molecule has 0 aliphatic rings. The Hall–Kier alpha value is -1.42. The van der Waals surface area contributed by atoms with Gasteiger partial charge in [0.15, 0.2) is 5.82 Å². The number of hydrogen-bond donors (Lipinski definition) is 0. The van der Waals surface area contributed by atoms with Crippen molar-refractivity contribution < 1.29 is 0 Å². The maximum absolute atomic E-state index is 6.00. The lowest BCUT2D eigenvalue weighted by molar-refractivity contribution is 0.603. The van der Waals surface area contributed by atoms with E-state index in [0.29, 0.717) is 17.0 Å². The lowest BCUT2D eigenvalue weighted by atomic mass is 10.3. The number of halogens is 1. The van der Waals surface area contributed by atoms with Crippen LogP contribution < -0.4 is 0 Å². The van der Waals surface area contributed by atoms with E-state index in [4.69, 9.17) is 11.6 Å². The molecule has 0 spiro atoms. The van der Waals surface area contributed by atoms with Crippen LogP contribution in [0.2, 0.25) is 5.15 Å².